The molecule has 1 heterocycles. The van der Waals surface area contributed by atoms with Crippen molar-refractivity contribution in [1.82, 2.24) is 0 Å². The third kappa shape index (κ3) is 3.84. The lowest BCUT2D eigenvalue weighted by Crippen LogP contribution is -2.40. The van der Waals surface area contributed by atoms with E-state index in [1.54, 1.807) is 54.6 Å². The Morgan fingerprint density at radius 1 is 0.969 bits per heavy atom. The van der Waals surface area contributed by atoms with Crippen LogP contribution in [0.4, 0.5) is 5.69 Å². The second kappa shape index (κ2) is 9.18. The largest absolute Gasteiger partial charge is 0.466 e. The highest BCUT2D eigenvalue weighted by Crippen LogP contribution is 2.43. The summed E-state index contributed by atoms with van der Waals surface area (Å²) < 4.78 is 9.95. The molecule has 1 aliphatic heterocycles. The number of allylic oxidation sites excluding steroid dienone is 1. The summed E-state index contributed by atoms with van der Waals surface area (Å²) in [6, 6.07) is 17.1. The highest BCUT2D eigenvalue weighted by Gasteiger charge is 2.42. The molecule has 0 aromatic heterocycles. The summed E-state index contributed by atoms with van der Waals surface area (Å²) in [5.41, 5.74) is 7.63. The van der Waals surface area contributed by atoms with Crippen molar-refractivity contribution in [2.45, 2.75) is 12.8 Å². The van der Waals surface area contributed by atoms with Crippen molar-refractivity contribution in [3.63, 3.8) is 0 Å². The van der Waals surface area contributed by atoms with Crippen LogP contribution >= 0.6 is 0 Å². The molecule has 32 heavy (non-hydrogen) atoms. The van der Waals surface area contributed by atoms with Crippen LogP contribution in [0.1, 0.15) is 28.8 Å². The maximum absolute atomic E-state index is 12.9. The van der Waals surface area contributed by atoms with Gasteiger partial charge in [-0.3, -0.25) is 9.69 Å². The molecule has 8 heteroatoms. The van der Waals surface area contributed by atoms with Gasteiger partial charge < -0.3 is 15.2 Å². The van der Waals surface area contributed by atoms with Crippen LogP contribution in [0.5, 0.6) is 0 Å². The van der Waals surface area contributed by atoms with E-state index in [2.05, 4.69) is 6.07 Å². The first kappa shape index (κ1) is 22.3. The van der Waals surface area contributed by atoms with E-state index in [0.717, 1.165) is 0 Å². The maximum atomic E-state index is 12.9. The Hall–Kier alpha value is -4.38. The molecule has 0 radical (unpaired) electrons. The lowest BCUT2D eigenvalue weighted by molar-refractivity contribution is -0.139. The SMILES string of the molecule is COC(=O)C1=C(C(=O)OC)N(c2ccc(C(C)=O)cc2)C(N)=C(C#N)C1c1ccccc1. The number of nitriles is 1. The van der Waals surface area contributed by atoms with Crippen molar-refractivity contribution >= 4 is 23.4 Å². The molecule has 1 atom stereocenters. The summed E-state index contributed by atoms with van der Waals surface area (Å²) in [4.78, 5) is 38.8. The first-order valence-corrected chi connectivity index (χ1v) is 9.62. The average molecular weight is 431 g/mol. The molecule has 2 aromatic rings. The van der Waals surface area contributed by atoms with Gasteiger partial charge in [-0.25, -0.2) is 9.59 Å². The molecule has 2 N–H and O–H groups in total. The van der Waals surface area contributed by atoms with Gasteiger partial charge >= 0.3 is 11.9 Å². The van der Waals surface area contributed by atoms with Gasteiger partial charge in [0.15, 0.2) is 5.78 Å². The van der Waals surface area contributed by atoms with Crippen molar-refractivity contribution < 1.29 is 23.9 Å². The maximum Gasteiger partial charge on any atom is 0.355 e. The molecule has 0 amide bonds. The van der Waals surface area contributed by atoms with E-state index in [4.69, 9.17) is 15.2 Å². The number of esters is 2. The lowest BCUT2D eigenvalue weighted by atomic mass is 9.81. The normalized spacial score (nSPS) is 15.8. The average Bonchev–Trinajstić information content (AvgIpc) is 2.82. The topological polar surface area (TPSA) is 123 Å². The molecule has 3 rings (SSSR count). The van der Waals surface area contributed by atoms with Gasteiger partial charge in [0.05, 0.1) is 37.4 Å². The third-order valence-electron chi connectivity index (χ3n) is 5.14. The van der Waals surface area contributed by atoms with Crippen molar-refractivity contribution in [1.29, 1.82) is 5.26 Å². The molecule has 1 unspecified atom stereocenters. The highest BCUT2D eigenvalue weighted by atomic mass is 16.5. The van der Waals surface area contributed by atoms with E-state index in [9.17, 15) is 19.6 Å². The van der Waals surface area contributed by atoms with E-state index in [1.807, 2.05) is 0 Å². The van der Waals surface area contributed by atoms with Gasteiger partial charge in [-0.15, -0.1) is 0 Å². The zero-order chi connectivity index (χ0) is 23.4. The summed E-state index contributed by atoms with van der Waals surface area (Å²) in [6.45, 7) is 1.43. The number of hydrogen-bond acceptors (Lipinski definition) is 8. The molecule has 0 bridgehead atoms. The zero-order valence-corrected chi connectivity index (χ0v) is 17.8. The van der Waals surface area contributed by atoms with Crippen LogP contribution in [-0.4, -0.2) is 31.9 Å². The second-order valence-electron chi connectivity index (χ2n) is 6.94. The minimum Gasteiger partial charge on any atom is -0.466 e. The Bertz CT molecular complexity index is 1170. The van der Waals surface area contributed by atoms with E-state index in [0.29, 0.717) is 16.8 Å². The van der Waals surface area contributed by atoms with Gasteiger partial charge in [-0.2, -0.15) is 5.26 Å². The van der Waals surface area contributed by atoms with Crippen LogP contribution in [0.3, 0.4) is 0 Å². The predicted molar refractivity (Wildman–Crippen MR) is 116 cm³/mol. The number of rotatable bonds is 5. The Kier molecular flexibility index (Phi) is 6.40. The number of Topliss-reactive ketones (excluding diaryl/α,β-unsaturated/α-hetero) is 1. The van der Waals surface area contributed by atoms with Gasteiger partial charge in [0, 0.05) is 11.3 Å². The number of benzene rings is 2. The second-order valence-corrected chi connectivity index (χ2v) is 6.94. The van der Waals surface area contributed by atoms with Crippen LogP contribution in [0.15, 0.2) is 77.3 Å². The predicted octanol–water partition coefficient (Wildman–Crippen LogP) is 2.79. The van der Waals surface area contributed by atoms with Crippen LogP contribution in [0.2, 0.25) is 0 Å². The molecule has 162 valence electrons. The van der Waals surface area contributed by atoms with Crippen LogP contribution in [0, 0.1) is 11.3 Å². The Balaban J connectivity index is 2.36. The number of nitrogens with zero attached hydrogens (tertiary/aromatic N) is 2. The quantitative estimate of drug-likeness (QED) is 0.566. The van der Waals surface area contributed by atoms with E-state index < -0.39 is 17.9 Å². The molecule has 0 spiro atoms. The first-order chi connectivity index (χ1) is 15.3. The summed E-state index contributed by atoms with van der Waals surface area (Å²) in [7, 11) is 2.37. The number of anilines is 1. The fourth-order valence-corrected chi connectivity index (χ4v) is 3.63. The minimum atomic E-state index is -0.935. The number of ether oxygens (including phenoxy) is 2. The van der Waals surface area contributed by atoms with Gasteiger partial charge in [0.25, 0.3) is 0 Å². The number of hydrogen-bond donors (Lipinski definition) is 1. The molecule has 1 aliphatic rings. The Morgan fingerprint density at radius 2 is 1.56 bits per heavy atom. The van der Waals surface area contributed by atoms with Gasteiger partial charge in [0.1, 0.15) is 11.5 Å². The summed E-state index contributed by atoms with van der Waals surface area (Å²) in [5.74, 6) is -2.74. The Morgan fingerprint density at radius 3 is 2.06 bits per heavy atom. The third-order valence-corrected chi connectivity index (χ3v) is 5.14. The molecule has 0 aliphatic carbocycles. The first-order valence-electron chi connectivity index (χ1n) is 9.62. The van der Waals surface area contributed by atoms with Crippen molar-refractivity contribution in [2.24, 2.45) is 5.73 Å². The zero-order valence-electron chi connectivity index (χ0n) is 17.8. The monoisotopic (exact) mass is 431 g/mol. The molecular formula is C24H21N3O5. The minimum absolute atomic E-state index is 0.0371. The molecule has 0 fully saturated rings. The summed E-state index contributed by atoms with van der Waals surface area (Å²) >= 11 is 0. The Labute approximate surface area is 185 Å². The molecule has 8 nitrogen and oxygen atoms in total. The number of carbonyl (C=O) groups excluding carboxylic acids is 3. The molecule has 0 saturated carbocycles. The van der Waals surface area contributed by atoms with Crippen molar-refractivity contribution in [3.05, 3.63) is 88.4 Å². The van der Waals surface area contributed by atoms with Gasteiger partial charge in [-0.1, -0.05) is 30.3 Å². The summed E-state index contributed by atoms with van der Waals surface area (Å²) in [5, 5.41) is 9.98. The van der Waals surface area contributed by atoms with Crippen LogP contribution in [-0.2, 0) is 19.1 Å². The molecule has 0 saturated heterocycles. The lowest BCUT2D eigenvalue weighted by Gasteiger charge is -2.35. The van der Waals surface area contributed by atoms with Gasteiger partial charge in [-0.05, 0) is 36.8 Å². The molecule has 2 aromatic carbocycles. The fourth-order valence-electron chi connectivity index (χ4n) is 3.63. The number of ketones is 1. The van der Waals surface area contributed by atoms with Gasteiger partial charge in [0.2, 0.25) is 0 Å². The van der Waals surface area contributed by atoms with Crippen molar-refractivity contribution in [2.75, 3.05) is 19.1 Å². The van der Waals surface area contributed by atoms with E-state index >= 15 is 0 Å². The number of methoxy groups -OCH3 is 2. The van der Waals surface area contributed by atoms with E-state index in [1.165, 1.54) is 26.0 Å². The number of nitrogens with two attached hydrogens (primary N) is 1. The smallest absolute Gasteiger partial charge is 0.355 e. The molecular weight excluding hydrogens is 410 g/mol. The standard InChI is InChI=1S/C24H21N3O5/c1-14(28)15-9-11-17(12-10-15)27-21(24(30)32-3)20(23(29)31-2)19(18(13-25)22(27)26)16-7-5-4-6-8-16/h4-12,19H,26H2,1-3H3. The van der Waals surface area contributed by atoms with Crippen LogP contribution < -0.4 is 10.6 Å². The van der Waals surface area contributed by atoms with Crippen LogP contribution in [0.25, 0.3) is 0 Å². The summed E-state index contributed by atoms with van der Waals surface area (Å²) in [6.07, 6.45) is 0. The highest BCUT2D eigenvalue weighted by molar-refractivity contribution is 6.06. The number of carbonyl (C=O) groups is 3. The fraction of sp³-hybridized carbons (Fsp3) is 0.167. The van der Waals surface area contributed by atoms with E-state index in [-0.39, 0.29) is 28.4 Å². The van der Waals surface area contributed by atoms with Crippen molar-refractivity contribution in [3.8, 4) is 6.07 Å².